The predicted molar refractivity (Wildman–Crippen MR) is 104 cm³/mol. The highest BCUT2D eigenvalue weighted by Gasteiger charge is 2.59. The molecule has 1 fully saturated rings. The van der Waals surface area contributed by atoms with Crippen molar-refractivity contribution in [2.45, 2.75) is 31.1 Å². The minimum atomic E-state index is -4.86. The first-order valence-corrected chi connectivity index (χ1v) is 9.21. The van der Waals surface area contributed by atoms with Gasteiger partial charge in [0.05, 0.1) is 12.9 Å². The van der Waals surface area contributed by atoms with Gasteiger partial charge in [0.2, 0.25) is 5.54 Å². The number of nitrogens with one attached hydrogen (secondary N) is 2. The first kappa shape index (κ1) is 20.3. The van der Waals surface area contributed by atoms with Crippen molar-refractivity contribution in [3.8, 4) is 17.9 Å². The molecule has 4 rings (SSSR count). The van der Waals surface area contributed by atoms with Crippen LogP contribution in [0.1, 0.15) is 29.7 Å². The number of alkyl halides is 3. The second kappa shape index (κ2) is 7.06. The molecule has 4 N–H and O–H groups in total. The van der Waals surface area contributed by atoms with E-state index in [0.29, 0.717) is 5.56 Å². The van der Waals surface area contributed by atoms with Gasteiger partial charge in [-0.3, -0.25) is 9.36 Å². The molecule has 11 heteroatoms. The van der Waals surface area contributed by atoms with Gasteiger partial charge in [0, 0.05) is 17.2 Å². The minimum absolute atomic E-state index is 0.0636. The quantitative estimate of drug-likeness (QED) is 0.632. The molecule has 1 atom stereocenters. The van der Waals surface area contributed by atoms with Crippen molar-refractivity contribution in [2.75, 3.05) is 11.1 Å². The average molecular weight is 428 g/mol. The van der Waals surface area contributed by atoms with Crippen LogP contribution in [0.15, 0.2) is 29.3 Å². The van der Waals surface area contributed by atoms with E-state index in [2.05, 4.69) is 22.1 Å². The van der Waals surface area contributed by atoms with Crippen LogP contribution < -0.4 is 21.9 Å². The van der Waals surface area contributed by atoms with Crippen LogP contribution in [0.3, 0.4) is 0 Å². The number of anilines is 2. The number of hydrogen-bond acceptors (Lipinski definition) is 5. The topological polar surface area (TPSA) is 126 Å². The second-order valence-corrected chi connectivity index (χ2v) is 7.30. The van der Waals surface area contributed by atoms with Gasteiger partial charge < -0.3 is 16.4 Å². The van der Waals surface area contributed by atoms with E-state index in [0.717, 1.165) is 23.7 Å². The van der Waals surface area contributed by atoms with Gasteiger partial charge in [0.25, 0.3) is 5.56 Å². The maximum Gasteiger partial charge on any atom is 0.427 e. The summed E-state index contributed by atoms with van der Waals surface area (Å²) in [6, 6.07) is 4.63. The van der Waals surface area contributed by atoms with Crippen LogP contribution in [-0.4, -0.2) is 21.8 Å². The molecule has 2 heterocycles. The number of nitrogen functional groups attached to an aromatic ring is 1. The highest BCUT2D eigenvalue weighted by molar-refractivity contribution is 5.95. The summed E-state index contributed by atoms with van der Waals surface area (Å²) in [5.74, 6) is 4.77. The summed E-state index contributed by atoms with van der Waals surface area (Å²) < 4.78 is 43.4. The van der Waals surface area contributed by atoms with Crippen LogP contribution in [0, 0.1) is 29.1 Å². The Morgan fingerprint density at radius 2 is 2.06 bits per heavy atom. The summed E-state index contributed by atoms with van der Waals surface area (Å²) in [4.78, 5) is 28.2. The first-order chi connectivity index (χ1) is 14.6. The molecule has 2 aromatic rings. The molecule has 1 aromatic carbocycles. The molecule has 1 aliphatic carbocycles. The molecule has 0 bridgehead atoms. The number of nitriles is 1. The van der Waals surface area contributed by atoms with Crippen molar-refractivity contribution < 1.29 is 18.0 Å². The van der Waals surface area contributed by atoms with Crippen LogP contribution in [0.2, 0.25) is 0 Å². The lowest BCUT2D eigenvalue weighted by Gasteiger charge is -2.37. The van der Waals surface area contributed by atoms with E-state index in [4.69, 9.17) is 11.0 Å². The molecule has 2 aliphatic rings. The number of aromatic nitrogens is 2. The summed E-state index contributed by atoms with van der Waals surface area (Å²) in [6.45, 7) is -0.0783. The maximum absolute atomic E-state index is 14.1. The number of hydrogen-bond donors (Lipinski definition) is 3. The van der Waals surface area contributed by atoms with E-state index >= 15 is 0 Å². The molecule has 1 unspecified atom stereocenters. The normalized spacial score (nSPS) is 19.9. The van der Waals surface area contributed by atoms with Crippen molar-refractivity contribution in [3.63, 3.8) is 0 Å². The van der Waals surface area contributed by atoms with Gasteiger partial charge in [-0.25, -0.2) is 9.78 Å². The Hall–Kier alpha value is -3.99. The van der Waals surface area contributed by atoms with Crippen molar-refractivity contribution in [2.24, 2.45) is 5.92 Å². The van der Waals surface area contributed by atoms with Crippen LogP contribution in [0.25, 0.3) is 0 Å². The molecule has 1 aliphatic heterocycles. The van der Waals surface area contributed by atoms with Crippen molar-refractivity contribution in [1.29, 1.82) is 5.26 Å². The molecule has 0 spiro atoms. The van der Waals surface area contributed by atoms with E-state index in [1.54, 1.807) is 6.07 Å². The fourth-order valence-electron chi connectivity index (χ4n) is 3.25. The van der Waals surface area contributed by atoms with Crippen molar-refractivity contribution in [3.05, 3.63) is 51.7 Å². The monoisotopic (exact) mass is 428 g/mol. The largest absolute Gasteiger partial charge is 0.427 e. The number of carbonyl (C=O) groups is 1. The lowest BCUT2D eigenvalue weighted by atomic mass is 9.85. The van der Waals surface area contributed by atoms with Gasteiger partial charge in [-0.2, -0.15) is 18.4 Å². The Morgan fingerprint density at radius 3 is 2.71 bits per heavy atom. The Morgan fingerprint density at radius 1 is 1.32 bits per heavy atom. The van der Waals surface area contributed by atoms with Crippen molar-refractivity contribution >= 4 is 17.4 Å². The predicted octanol–water partition coefficient (Wildman–Crippen LogP) is 2.05. The molecular formula is C20H15F3N6O2. The van der Waals surface area contributed by atoms with Crippen LogP contribution >= 0.6 is 0 Å². The minimum Gasteiger partial charge on any atom is -0.392 e. The number of carbonyl (C=O) groups excluding carboxylic acids is 1. The maximum atomic E-state index is 14.1. The zero-order chi connectivity index (χ0) is 22.4. The molecule has 1 saturated carbocycles. The second-order valence-electron chi connectivity index (χ2n) is 7.30. The molecule has 0 saturated heterocycles. The molecule has 31 heavy (non-hydrogen) atoms. The van der Waals surface area contributed by atoms with Crippen molar-refractivity contribution in [1.82, 2.24) is 14.9 Å². The smallest absolute Gasteiger partial charge is 0.392 e. The van der Waals surface area contributed by atoms with Gasteiger partial charge in [-0.05, 0) is 24.5 Å². The lowest BCUT2D eigenvalue weighted by molar-refractivity contribution is -0.178. The summed E-state index contributed by atoms with van der Waals surface area (Å²) in [5.41, 5.74) is 1.69. The molecule has 2 amide bonds. The third kappa shape index (κ3) is 3.55. The van der Waals surface area contributed by atoms with E-state index in [-0.39, 0.29) is 35.1 Å². The number of amides is 2. The Balaban J connectivity index is 1.76. The van der Waals surface area contributed by atoms with Crippen LogP contribution in [0.5, 0.6) is 0 Å². The molecule has 1 aromatic heterocycles. The summed E-state index contributed by atoms with van der Waals surface area (Å²) in [6.07, 6.45) is -2.27. The third-order valence-electron chi connectivity index (χ3n) is 5.03. The Bertz CT molecular complexity index is 1250. The summed E-state index contributed by atoms with van der Waals surface area (Å²) in [5, 5.41) is 13.2. The molecule has 158 valence electrons. The highest BCUT2D eigenvalue weighted by atomic mass is 19.4. The average Bonchev–Trinajstić information content (AvgIpc) is 3.53. The fraction of sp³-hybridized carbons (Fsp3) is 0.300. The van der Waals surface area contributed by atoms with Gasteiger partial charge >= 0.3 is 12.2 Å². The van der Waals surface area contributed by atoms with Gasteiger partial charge in [0.1, 0.15) is 11.8 Å². The van der Waals surface area contributed by atoms with Crippen LogP contribution in [-0.2, 0) is 12.1 Å². The third-order valence-corrected chi connectivity index (χ3v) is 5.03. The van der Waals surface area contributed by atoms with Crippen LogP contribution in [0.4, 0.5) is 29.3 Å². The fourth-order valence-corrected chi connectivity index (χ4v) is 3.25. The number of rotatable bonds is 2. The summed E-state index contributed by atoms with van der Waals surface area (Å²) in [7, 11) is 0. The zero-order valence-corrected chi connectivity index (χ0v) is 15.9. The van der Waals surface area contributed by atoms with Gasteiger partial charge in [-0.1, -0.05) is 24.0 Å². The van der Waals surface area contributed by atoms with E-state index < -0.39 is 23.3 Å². The number of fused-ring (bicyclic) bond motifs is 1. The van der Waals surface area contributed by atoms with E-state index in [1.807, 2.05) is 5.32 Å². The number of urea groups is 1. The van der Waals surface area contributed by atoms with Gasteiger partial charge in [-0.15, -0.1) is 0 Å². The van der Waals surface area contributed by atoms with E-state index in [9.17, 15) is 22.8 Å². The molecule has 0 radical (unpaired) electrons. The molecule has 8 nitrogen and oxygen atoms in total. The highest BCUT2D eigenvalue weighted by Crippen LogP contribution is 2.44. The zero-order valence-electron chi connectivity index (χ0n) is 15.9. The Kier molecular flexibility index (Phi) is 4.62. The molecular weight excluding hydrogens is 413 g/mol. The standard InChI is InChI=1S/C20H15F3N6O2/c21-20(22,23)19(6-5-11-1-2-11)13-4-3-12(7-14(13)27-18(31)28-19)9-29-10-26-15(8-24)16(25)17(29)30/h3-4,7,10-11H,1-2,9,25H2,(H2,27,28,31). The Labute approximate surface area is 173 Å². The van der Waals surface area contributed by atoms with Gasteiger partial charge in [0.15, 0.2) is 5.69 Å². The number of nitrogens with two attached hydrogens (primary N) is 1. The first-order valence-electron chi connectivity index (χ1n) is 9.21. The number of halogens is 3. The number of nitrogens with zero attached hydrogens (tertiary/aromatic N) is 3. The lowest BCUT2D eigenvalue weighted by Crippen LogP contribution is -2.59. The SMILES string of the molecule is N#Cc1ncn(Cc2ccc3c(c2)NC(=O)NC3(C#CC2CC2)C(F)(F)F)c(=O)c1N. The van der Waals surface area contributed by atoms with E-state index in [1.165, 1.54) is 18.2 Å². The summed E-state index contributed by atoms with van der Waals surface area (Å²) >= 11 is 0. The number of benzene rings is 1.